The van der Waals surface area contributed by atoms with E-state index in [4.69, 9.17) is 0 Å². The smallest absolute Gasteiger partial charge is 0.243 e. The molecular weight excluding hydrogens is 378 g/mol. The molecule has 0 unspecified atom stereocenters. The third-order valence-electron chi connectivity index (χ3n) is 5.83. The maximum absolute atomic E-state index is 13.3. The van der Waals surface area contributed by atoms with E-state index >= 15 is 0 Å². The molecule has 1 aliphatic rings. The van der Waals surface area contributed by atoms with Gasteiger partial charge in [0.15, 0.2) is 0 Å². The molecule has 1 aromatic rings. The van der Waals surface area contributed by atoms with Crippen molar-refractivity contribution in [3.63, 3.8) is 0 Å². The van der Waals surface area contributed by atoms with Crippen molar-refractivity contribution in [3.8, 4) is 0 Å². The van der Waals surface area contributed by atoms with Gasteiger partial charge in [-0.2, -0.15) is 4.31 Å². The highest BCUT2D eigenvalue weighted by Gasteiger charge is 2.33. The van der Waals surface area contributed by atoms with E-state index in [-0.39, 0.29) is 31.3 Å². The fourth-order valence-electron chi connectivity index (χ4n) is 3.66. The number of piperazine rings is 1. The summed E-state index contributed by atoms with van der Waals surface area (Å²) in [5.41, 5.74) is 4.74. The molecule has 156 valence electrons. The summed E-state index contributed by atoms with van der Waals surface area (Å²) < 4.78 is 28.2. The van der Waals surface area contributed by atoms with Gasteiger partial charge >= 0.3 is 0 Å². The summed E-state index contributed by atoms with van der Waals surface area (Å²) in [6.45, 7) is 12.7. The zero-order valence-electron chi connectivity index (χ0n) is 17.7. The SMILES string of the molecule is CC(=O)NCCC(=O)N1CCN(S(=O)(=O)c2c(C)c(C)c(C)c(C)c2C)CC1. The van der Waals surface area contributed by atoms with E-state index in [9.17, 15) is 18.0 Å². The summed E-state index contributed by atoms with van der Waals surface area (Å²) in [4.78, 5) is 25.2. The Labute approximate surface area is 168 Å². The van der Waals surface area contributed by atoms with Crippen LogP contribution in [-0.4, -0.2) is 62.2 Å². The molecule has 8 heteroatoms. The fourth-order valence-corrected chi connectivity index (χ4v) is 5.65. The van der Waals surface area contributed by atoms with E-state index in [1.165, 1.54) is 11.2 Å². The zero-order valence-corrected chi connectivity index (χ0v) is 18.5. The van der Waals surface area contributed by atoms with Crippen LogP contribution in [0.4, 0.5) is 0 Å². The Morgan fingerprint density at radius 1 is 0.857 bits per heavy atom. The van der Waals surface area contributed by atoms with E-state index in [1.54, 1.807) is 4.90 Å². The minimum absolute atomic E-state index is 0.0693. The van der Waals surface area contributed by atoms with Crippen LogP contribution in [0.3, 0.4) is 0 Å². The number of rotatable bonds is 5. The second kappa shape index (κ2) is 8.61. The first-order valence-corrected chi connectivity index (χ1v) is 11.0. The second-order valence-corrected chi connectivity index (χ2v) is 9.35. The van der Waals surface area contributed by atoms with Gasteiger partial charge in [-0.15, -0.1) is 0 Å². The first-order valence-electron chi connectivity index (χ1n) is 9.57. The normalized spacial score (nSPS) is 15.6. The number of carbonyl (C=O) groups excluding carboxylic acids is 2. The molecule has 1 aliphatic heterocycles. The zero-order chi connectivity index (χ0) is 21.2. The Balaban J connectivity index is 2.14. The Hall–Kier alpha value is -1.93. The highest BCUT2D eigenvalue weighted by Crippen LogP contribution is 2.31. The molecule has 7 nitrogen and oxygen atoms in total. The molecular formula is C20H31N3O4S. The van der Waals surface area contributed by atoms with Gasteiger partial charge in [-0.05, 0) is 62.4 Å². The van der Waals surface area contributed by atoms with Crippen LogP contribution in [0.1, 0.15) is 41.2 Å². The first-order chi connectivity index (χ1) is 13.0. The minimum atomic E-state index is -3.62. The molecule has 1 saturated heterocycles. The van der Waals surface area contributed by atoms with Gasteiger partial charge in [0.25, 0.3) is 0 Å². The van der Waals surface area contributed by atoms with Gasteiger partial charge in [0.05, 0.1) is 4.90 Å². The molecule has 2 rings (SSSR count). The molecule has 1 N–H and O–H groups in total. The summed E-state index contributed by atoms with van der Waals surface area (Å²) >= 11 is 0. The van der Waals surface area contributed by atoms with Gasteiger partial charge in [0.2, 0.25) is 21.8 Å². The summed E-state index contributed by atoms with van der Waals surface area (Å²) in [7, 11) is -3.62. The molecule has 2 amide bonds. The fraction of sp³-hybridized carbons (Fsp3) is 0.600. The number of sulfonamides is 1. The molecule has 1 heterocycles. The third-order valence-corrected chi connectivity index (χ3v) is 8.01. The Morgan fingerprint density at radius 3 is 1.79 bits per heavy atom. The summed E-state index contributed by atoms with van der Waals surface area (Å²) in [5.74, 6) is -0.238. The van der Waals surface area contributed by atoms with Crippen molar-refractivity contribution < 1.29 is 18.0 Å². The van der Waals surface area contributed by atoms with Crippen LogP contribution in [0, 0.1) is 34.6 Å². The lowest BCUT2D eigenvalue weighted by Gasteiger charge is -2.35. The van der Waals surface area contributed by atoms with E-state index in [1.807, 2.05) is 34.6 Å². The molecule has 0 radical (unpaired) electrons. The minimum Gasteiger partial charge on any atom is -0.356 e. The number of carbonyl (C=O) groups is 2. The number of nitrogens with zero attached hydrogens (tertiary/aromatic N) is 2. The van der Waals surface area contributed by atoms with Gasteiger partial charge in [0.1, 0.15) is 0 Å². The number of hydrogen-bond donors (Lipinski definition) is 1. The van der Waals surface area contributed by atoms with Crippen molar-refractivity contribution in [2.75, 3.05) is 32.7 Å². The quantitative estimate of drug-likeness (QED) is 0.800. The molecule has 0 aromatic heterocycles. The van der Waals surface area contributed by atoms with Crippen LogP contribution in [0.25, 0.3) is 0 Å². The highest BCUT2D eigenvalue weighted by atomic mass is 32.2. The van der Waals surface area contributed by atoms with Crippen molar-refractivity contribution in [3.05, 3.63) is 27.8 Å². The number of amides is 2. The number of hydrogen-bond acceptors (Lipinski definition) is 4. The maximum atomic E-state index is 13.3. The van der Waals surface area contributed by atoms with Crippen LogP contribution in [0.2, 0.25) is 0 Å². The van der Waals surface area contributed by atoms with Crippen LogP contribution in [0.15, 0.2) is 4.90 Å². The lowest BCUT2D eigenvalue weighted by molar-refractivity contribution is -0.132. The lowest BCUT2D eigenvalue weighted by Crippen LogP contribution is -2.51. The Morgan fingerprint density at radius 2 is 1.32 bits per heavy atom. The van der Waals surface area contributed by atoms with E-state index < -0.39 is 10.0 Å². The summed E-state index contributed by atoms with van der Waals surface area (Å²) in [6, 6.07) is 0. The van der Waals surface area contributed by atoms with E-state index in [2.05, 4.69) is 5.32 Å². The predicted molar refractivity (Wildman–Crippen MR) is 109 cm³/mol. The second-order valence-electron chi connectivity index (χ2n) is 7.47. The van der Waals surface area contributed by atoms with Crippen LogP contribution < -0.4 is 5.32 Å². The topological polar surface area (TPSA) is 86.8 Å². The van der Waals surface area contributed by atoms with Gasteiger partial charge in [0, 0.05) is 46.1 Å². The highest BCUT2D eigenvalue weighted by molar-refractivity contribution is 7.89. The predicted octanol–water partition coefficient (Wildman–Crippen LogP) is 1.59. The maximum Gasteiger partial charge on any atom is 0.243 e. The van der Waals surface area contributed by atoms with Crippen molar-refractivity contribution in [1.82, 2.24) is 14.5 Å². The van der Waals surface area contributed by atoms with Crippen LogP contribution in [-0.2, 0) is 19.6 Å². The first kappa shape index (κ1) is 22.4. The molecule has 0 saturated carbocycles. The average molecular weight is 410 g/mol. The number of nitrogens with one attached hydrogen (secondary N) is 1. The molecule has 1 fully saturated rings. The van der Waals surface area contributed by atoms with Gasteiger partial charge in [-0.1, -0.05) is 0 Å². The Bertz CT molecular complexity index is 856. The largest absolute Gasteiger partial charge is 0.356 e. The van der Waals surface area contributed by atoms with Gasteiger partial charge in [-0.25, -0.2) is 8.42 Å². The van der Waals surface area contributed by atoms with Crippen LogP contribution in [0.5, 0.6) is 0 Å². The van der Waals surface area contributed by atoms with Crippen LogP contribution >= 0.6 is 0 Å². The Kier molecular flexibility index (Phi) is 6.88. The van der Waals surface area contributed by atoms with Crippen molar-refractivity contribution in [2.45, 2.75) is 52.9 Å². The monoisotopic (exact) mass is 409 g/mol. The molecule has 28 heavy (non-hydrogen) atoms. The molecule has 0 spiro atoms. The van der Waals surface area contributed by atoms with Crippen molar-refractivity contribution >= 4 is 21.8 Å². The molecule has 0 aliphatic carbocycles. The number of benzene rings is 1. The van der Waals surface area contributed by atoms with Gasteiger partial charge < -0.3 is 10.2 Å². The molecule has 0 bridgehead atoms. The summed E-state index contributed by atoms with van der Waals surface area (Å²) in [6.07, 6.45) is 0.223. The third kappa shape index (κ3) is 4.38. The van der Waals surface area contributed by atoms with Crippen molar-refractivity contribution in [2.24, 2.45) is 0 Å². The molecule has 0 atom stereocenters. The van der Waals surface area contributed by atoms with E-state index in [0.717, 1.165) is 27.8 Å². The standard InChI is InChI=1S/C20H31N3O4S/c1-13-14(2)16(4)20(17(5)15(13)3)28(26,27)23-11-9-22(10-12-23)19(25)7-8-21-18(6)24/h7-12H2,1-6H3,(H,21,24). The average Bonchev–Trinajstić information content (AvgIpc) is 2.64. The molecule has 1 aromatic carbocycles. The lowest BCUT2D eigenvalue weighted by atomic mass is 9.95. The van der Waals surface area contributed by atoms with E-state index in [0.29, 0.717) is 24.5 Å². The van der Waals surface area contributed by atoms with Crippen molar-refractivity contribution in [1.29, 1.82) is 0 Å². The summed E-state index contributed by atoms with van der Waals surface area (Å²) in [5, 5.41) is 2.60. The van der Waals surface area contributed by atoms with Gasteiger partial charge in [-0.3, -0.25) is 9.59 Å².